The van der Waals surface area contributed by atoms with Gasteiger partial charge in [0.25, 0.3) is 15.9 Å². The fourth-order valence-corrected chi connectivity index (χ4v) is 5.14. The standard InChI is InChI=1S/C22H23ClFN5O3S/c1-28(16-8-6-15(24)7-9-16)33(31,32)17-10-11-19(23)18(13-17)22(30)25-14-21-27-26-20-5-3-2-4-12-29(20)21/h6-11,13H,2-5,12,14H2,1H3,(H,25,30). The van der Waals surface area contributed by atoms with Gasteiger partial charge in [0.1, 0.15) is 11.6 Å². The predicted molar refractivity (Wildman–Crippen MR) is 122 cm³/mol. The molecule has 1 aliphatic heterocycles. The van der Waals surface area contributed by atoms with Gasteiger partial charge in [-0.05, 0) is 55.3 Å². The summed E-state index contributed by atoms with van der Waals surface area (Å²) in [5, 5.41) is 11.3. The molecule has 0 spiro atoms. The molecule has 33 heavy (non-hydrogen) atoms. The molecule has 0 radical (unpaired) electrons. The van der Waals surface area contributed by atoms with Crippen molar-refractivity contribution in [2.24, 2.45) is 0 Å². The van der Waals surface area contributed by atoms with E-state index in [1.807, 2.05) is 4.57 Å². The van der Waals surface area contributed by atoms with Gasteiger partial charge in [-0.25, -0.2) is 12.8 Å². The van der Waals surface area contributed by atoms with Crippen LogP contribution in [0.4, 0.5) is 10.1 Å². The Morgan fingerprint density at radius 2 is 1.91 bits per heavy atom. The molecule has 0 atom stereocenters. The number of aromatic nitrogens is 3. The summed E-state index contributed by atoms with van der Waals surface area (Å²) in [7, 11) is -2.65. The Balaban J connectivity index is 1.54. The van der Waals surface area contributed by atoms with E-state index >= 15 is 0 Å². The Hall–Kier alpha value is -2.98. The van der Waals surface area contributed by atoms with Crippen LogP contribution < -0.4 is 9.62 Å². The van der Waals surface area contributed by atoms with Gasteiger partial charge in [0.05, 0.1) is 27.7 Å². The normalized spacial score (nSPS) is 13.8. The SMILES string of the molecule is CN(c1ccc(F)cc1)S(=O)(=O)c1ccc(Cl)c(C(=O)NCc2nnc3n2CCCCC3)c1. The summed E-state index contributed by atoms with van der Waals surface area (Å²) in [6.45, 7) is 0.951. The molecule has 0 aliphatic carbocycles. The molecule has 1 amide bonds. The van der Waals surface area contributed by atoms with E-state index in [1.54, 1.807) is 0 Å². The Morgan fingerprint density at radius 3 is 2.67 bits per heavy atom. The van der Waals surface area contributed by atoms with E-state index < -0.39 is 21.7 Å². The summed E-state index contributed by atoms with van der Waals surface area (Å²) in [4.78, 5) is 12.7. The molecular formula is C22H23ClFN5O3S. The van der Waals surface area contributed by atoms with Crippen LogP contribution in [0.1, 0.15) is 41.3 Å². The lowest BCUT2D eigenvalue weighted by molar-refractivity contribution is 0.0949. The van der Waals surface area contributed by atoms with Crippen molar-refractivity contribution in [2.75, 3.05) is 11.4 Å². The molecule has 3 aromatic rings. The lowest BCUT2D eigenvalue weighted by atomic mass is 10.2. The molecule has 2 aromatic carbocycles. The first-order chi connectivity index (χ1) is 15.8. The minimum Gasteiger partial charge on any atom is -0.345 e. The summed E-state index contributed by atoms with van der Waals surface area (Å²) < 4.78 is 42.4. The van der Waals surface area contributed by atoms with E-state index in [9.17, 15) is 17.6 Å². The number of anilines is 1. The van der Waals surface area contributed by atoms with Crippen molar-refractivity contribution in [3.8, 4) is 0 Å². The highest BCUT2D eigenvalue weighted by atomic mass is 35.5. The number of benzene rings is 2. The van der Waals surface area contributed by atoms with Crippen LogP contribution in [0.5, 0.6) is 0 Å². The Kier molecular flexibility index (Phi) is 6.66. The van der Waals surface area contributed by atoms with Gasteiger partial charge in [-0.1, -0.05) is 18.0 Å². The van der Waals surface area contributed by atoms with Gasteiger partial charge in [0.2, 0.25) is 0 Å². The molecule has 1 aliphatic rings. The van der Waals surface area contributed by atoms with Gasteiger partial charge in [-0.3, -0.25) is 9.10 Å². The van der Waals surface area contributed by atoms with Crippen molar-refractivity contribution >= 4 is 33.2 Å². The van der Waals surface area contributed by atoms with Crippen molar-refractivity contribution < 1.29 is 17.6 Å². The van der Waals surface area contributed by atoms with Crippen LogP contribution >= 0.6 is 11.6 Å². The van der Waals surface area contributed by atoms with Crippen molar-refractivity contribution in [3.63, 3.8) is 0 Å². The van der Waals surface area contributed by atoms with Gasteiger partial charge < -0.3 is 9.88 Å². The van der Waals surface area contributed by atoms with Crippen LogP contribution in [0.15, 0.2) is 47.4 Å². The van der Waals surface area contributed by atoms with E-state index in [2.05, 4.69) is 15.5 Å². The Labute approximate surface area is 196 Å². The lowest BCUT2D eigenvalue weighted by Gasteiger charge is -2.20. The monoisotopic (exact) mass is 491 g/mol. The molecule has 1 N–H and O–H groups in total. The number of aryl methyl sites for hydroxylation is 1. The zero-order valence-corrected chi connectivity index (χ0v) is 19.5. The van der Waals surface area contributed by atoms with Gasteiger partial charge >= 0.3 is 0 Å². The second-order valence-electron chi connectivity index (χ2n) is 7.77. The number of amides is 1. The highest BCUT2D eigenvalue weighted by Crippen LogP contribution is 2.26. The van der Waals surface area contributed by atoms with Crippen molar-refractivity contribution in [1.82, 2.24) is 20.1 Å². The third-order valence-electron chi connectivity index (χ3n) is 5.62. The van der Waals surface area contributed by atoms with Crippen LogP contribution in [-0.2, 0) is 29.5 Å². The highest BCUT2D eigenvalue weighted by Gasteiger charge is 2.24. The molecule has 2 heterocycles. The molecule has 0 saturated carbocycles. The number of hydrogen-bond donors (Lipinski definition) is 1. The third-order valence-corrected chi connectivity index (χ3v) is 7.74. The van der Waals surface area contributed by atoms with E-state index in [0.29, 0.717) is 5.82 Å². The average molecular weight is 492 g/mol. The number of carbonyl (C=O) groups is 1. The zero-order chi connectivity index (χ0) is 23.6. The van der Waals surface area contributed by atoms with Crippen molar-refractivity contribution in [1.29, 1.82) is 0 Å². The summed E-state index contributed by atoms with van der Waals surface area (Å²) in [6.07, 6.45) is 4.07. The number of carbonyl (C=O) groups excluding carboxylic acids is 1. The molecule has 0 saturated heterocycles. The number of sulfonamides is 1. The minimum atomic E-state index is -4.01. The summed E-state index contributed by atoms with van der Waals surface area (Å²) in [5.74, 6) is 0.565. The maximum Gasteiger partial charge on any atom is 0.264 e. The fraction of sp³-hybridized carbons (Fsp3) is 0.318. The summed E-state index contributed by atoms with van der Waals surface area (Å²) in [6, 6.07) is 8.99. The molecule has 0 fully saturated rings. The molecule has 174 valence electrons. The van der Waals surface area contributed by atoms with Crippen LogP contribution in [-0.4, -0.2) is 36.1 Å². The molecule has 4 rings (SSSR count). The second-order valence-corrected chi connectivity index (χ2v) is 10.1. The first kappa shape index (κ1) is 23.2. The summed E-state index contributed by atoms with van der Waals surface area (Å²) >= 11 is 6.21. The smallest absolute Gasteiger partial charge is 0.264 e. The van der Waals surface area contributed by atoms with E-state index in [-0.39, 0.29) is 27.7 Å². The summed E-state index contributed by atoms with van der Waals surface area (Å²) in [5.41, 5.74) is 0.311. The van der Waals surface area contributed by atoms with E-state index in [1.165, 1.54) is 49.5 Å². The first-order valence-corrected chi connectivity index (χ1v) is 12.3. The Morgan fingerprint density at radius 1 is 1.15 bits per heavy atom. The van der Waals surface area contributed by atoms with Crippen LogP contribution in [0, 0.1) is 5.82 Å². The van der Waals surface area contributed by atoms with E-state index in [0.717, 1.165) is 42.4 Å². The van der Waals surface area contributed by atoms with Gasteiger partial charge in [-0.15, -0.1) is 10.2 Å². The number of fused-ring (bicyclic) bond motifs is 1. The topological polar surface area (TPSA) is 97.2 Å². The molecule has 0 bridgehead atoms. The van der Waals surface area contributed by atoms with Gasteiger partial charge in [0, 0.05) is 20.0 Å². The van der Waals surface area contributed by atoms with Gasteiger partial charge in [-0.2, -0.15) is 0 Å². The first-order valence-electron chi connectivity index (χ1n) is 10.5. The number of hydrogen-bond acceptors (Lipinski definition) is 5. The fourth-order valence-electron chi connectivity index (χ4n) is 3.72. The minimum absolute atomic E-state index is 0.0286. The lowest BCUT2D eigenvalue weighted by Crippen LogP contribution is -2.28. The number of halogens is 2. The number of nitrogens with one attached hydrogen (secondary N) is 1. The van der Waals surface area contributed by atoms with Crippen LogP contribution in [0.3, 0.4) is 0 Å². The number of nitrogens with zero attached hydrogens (tertiary/aromatic N) is 4. The maximum atomic E-state index is 13.2. The highest BCUT2D eigenvalue weighted by molar-refractivity contribution is 7.92. The second kappa shape index (κ2) is 9.48. The van der Waals surface area contributed by atoms with Gasteiger partial charge in [0.15, 0.2) is 5.82 Å². The molecule has 0 unspecified atom stereocenters. The average Bonchev–Trinajstić information content (AvgIpc) is 3.03. The molecular weight excluding hydrogens is 469 g/mol. The van der Waals surface area contributed by atoms with Crippen molar-refractivity contribution in [3.05, 3.63) is 70.5 Å². The molecule has 11 heteroatoms. The maximum absolute atomic E-state index is 13.2. The number of rotatable bonds is 6. The largest absolute Gasteiger partial charge is 0.345 e. The quantitative estimate of drug-likeness (QED) is 0.568. The molecule has 8 nitrogen and oxygen atoms in total. The van der Waals surface area contributed by atoms with Crippen molar-refractivity contribution in [2.45, 2.75) is 43.7 Å². The Bertz CT molecular complexity index is 1280. The predicted octanol–water partition coefficient (Wildman–Crippen LogP) is 3.55. The zero-order valence-electron chi connectivity index (χ0n) is 18.0. The van der Waals surface area contributed by atoms with Crippen LogP contribution in [0.25, 0.3) is 0 Å². The van der Waals surface area contributed by atoms with Crippen LogP contribution in [0.2, 0.25) is 5.02 Å². The molecule has 1 aromatic heterocycles. The van der Waals surface area contributed by atoms with E-state index in [4.69, 9.17) is 11.6 Å². The third kappa shape index (κ3) is 4.86.